The Morgan fingerprint density at radius 3 is 2.56 bits per heavy atom. The number of hydrogen-bond donors (Lipinski definition) is 0. The first-order valence-electron chi connectivity index (χ1n) is 8.38. The fourth-order valence-corrected chi connectivity index (χ4v) is 3.99. The van der Waals surface area contributed by atoms with E-state index in [4.69, 9.17) is 11.6 Å². The van der Waals surface area contributed by atoms with Crippen LogP contribution in [0.5, 0.6) is 0 Å². The van der Waals surface area contributed by atoms with Gasteiger partial charge in [0.15, 0.2) is 5.17 Å². The Morgan fingerprint density at radius 2 is 1.96 bits per heavy atom. The number of carbonyl (C=O) groups is 1. The van der Waals surface area contributed by atoms with Crippen molar-refractivity contribution >= 4 is 40.1 Å². The van der Waals surface area contributed by atoms with Gasteiger partial charge in [-0.15, -0.1) is 0 Å². The van der Waals surface area contributed by atoms with Crippen molar-refractivity contribution in [2.75, 3.05) is 11.4 Å². The van der Waals surface area contributed by atoms with Gasteiger partial charge >= 0.3 is 0 Å². The number of halogens is 1. The Labute approximate surface area is 158 Å². The van der Waals surface area contributed by atoms with E-state index in [0.717, 1.165) is 29.4 Å². The van der Waals surface area contributed by atoms with E-state index in [2.05, 4.69) is 24.9 Å². The fourth-order valence-electron chi connectivity index (χ4n) is 2.82. The van der Waals surface area contributed by atoms with E-state index in [1.54, 1.807) is 40.9 Å². The maximum absolute atomic E-state index is 13.3. The molecule has 25 heavy (non-hydrogen) atoms. The lowest BCUT2D eigenvalue weighted by atomic mass is 10.1. The summed E-state index contributed by atoms with van der Waals surface area (Å²) in [6, 6.07) is 13.1. The molecule has 0 saturated carbocycles. The highest BCUT2D eigenvalue weighted by Crippen LogP contribution is 2.32. The topological polar surface area (TPSA) is 32.7 Å². The summed E-state index contributed by atoms with van der Waals surface area (Å²) in [5, 5.41) is 1.83. The maximum Gasteiger partial charge on any atom is 0.264 e. The number of amides is 1. The molecule has 1 atom stereocenters. The molecular formula is C20H21ClN2OS. The highest BCUT2D eigenvalue weighted by Gasteiger charge is 2.30. The molecule has 0 fully saturated rings. The van der Waals surface area contributed by atoms with Crippen molar-refractivity contribution in [2.45, 2.75) is 32.4 Å². The van der Waals surface area contributed by atoms with Crippen LogP contribution in [0.4, 0.5) is 5.69 Å². The smallest absolute Gasteiger partial charge is 0.264 e. The van der Waals surface area contributed by atoms with E-state index in [1.165, 1.54) is 5.56 Å². The highest BCUT2D eigenvalue weighted by atomic mass is 35.5. The van der Waals surface area contributed by atoms with Crippen LogP contribution < -0.4 is 4.90 Å². The summed E-state index contributed by atoms with van der Waals surface area (Å²) >= 11 is 7.65. The molecule has 0 spiro atoms. The minimum atomic E-state index is -0.0772. The number of rotatable bonds is 3. The predicted molar refractivity (Wildman–Crippen MR) is 108 cm³/mol. The van der Waals surface area contributed by atoms with Gasteiger partial charge in [0.2, 0.25) is 0 Å². The van der Waals surface area contributed by atoms with Gasteiger partial charge < -0.3 is 0 Å². The highest BCUT2D eigenvalue weighted by molar-refractivity contribution is 8.15. The second kappa shape index (κ2) is 7.63. The van der Waals surface area contributed by atoms with Gasteiger partial charge in [-0.3, -0.25) is 14.7 Å². The van der Waals surface area contributed by atoms with Gasteiger partial charge in [-0.2, -0.15) is 0 Å². The summed E-state index contributed by atoms with van der Waals surface area (Å²) in [6.45, 7) is 6.99. The Hall–Kier alpha value is -1.78. The van der Waals surface area contributed by atoms with Crippen molar-refractivity contribution in [3.05, 3.63) is 64.2 Å². The van der Waals surface area contributed by atoms with E-state index in [9.17, 15) is 4.79 Å². The summed E-state index contributed by atoms with van der Waals surface area (Å²) in [5.41, 5.74) is 3.72. The van der Waals surface area contributed by atoms with Crippen LogP contribution in [-0.2, 0) is 0 Å². The number of aryl methyl sites for hydroxylation is 2. The number of anilines is 1. The lowest BCUT2D eigenvalue weighted by molar-refractivity contribution is 0.100. The Morgan fingerprint density at radius 1 is 1.24 bits per heavy atom. The third-order valence-corrected chi connectivity index (χ3v) is 5.83. The van der Waals surface area contributed by atoms with Gasteiger partial charge in [-0.05, 0) is 56.2 Å². The molecule has 1 aliphatic heterocycles. The van der Waals surface area contributed by atoms with Crippen LogP contribution in [-0.4, -0.2) is 22.9 Å². The van der Waals surface area contributed by atoms with E-state index in [0.29, 0.717) is 15.8 Å². The standard InChI is InChI=1S/C20H21ClN2OS/c1-4-17-12-22-20(25-17)23(18-10-5-13(2)11-14(18)3)19(24)15-6-8-16(21)9-7-15/h5-11,17H,4,12H2,1-3H3/t17-/m0/s1. The molecule has 1 amide bonds. The second-order valence-corrected chi connectivity index (χ2v) is 7.91. The molecule has 2 aromatic rings. The van der Waals surface area contributed by atoms with Crippen molar-refractivity contribution in [3.63, 3.8) is 0 Å². The monoisotopic (exact) mass is 372 g/mol. The number of aliphatic imine (C=N–C) groups is 1. The molecule has 1 heterocycles. The zero-order valence-electron chi connectivity index (χ0n) is 14.6. The van der Waals surface area contributed by atoms with Crippen molar-refractivity contribution in [2.24, 2.45) is 4.99 Å². The Bertz CT molecular complexity index is 817. The zero-order valence-corrected chi connectivity index (χ0v) is 16.2. The number of thioether (sulfide) groups is 1. The van der Waals surface area contributed by atoms with Crippen molar-refractivity contribution in [1.29, 1.82) is 0 Å². The molecule has 1 aliphatic rings. The van der Waals surface area contributed by atoms with Gasteiger partial charge in [0.05, 0.1) is 12.2 Å². The Balaban J connectivity index is 2.03. The molecule has 0 radical (unpaired) electrons. The number of nitrogens with zero attached hydrogens (tertiary/aromatic N) is 2. The normalized spacial score (nSPS) is 16.6. The number of hydrogen-bond acceptors (Lipinski definition) is 3. The summed E-state index contributed by atoms with van der Waals surface area (Å²) < 4.78 is 0. The van der Waals surface area contributed by atoms with Crippen LogP contribution in [0.15, 0.2) is 47.5 Å². The molecular weight excluding hydrogens is 352 g/mol. The van der Waals surface area contributed by atoms with Crippen LogP contribution >= 0.6 is 23.4 Å². The SMILES string of the molecule is CC[C@H]1CN=C(N(C(=O)c2ccc(Cl)cc2)c2ccc(C)cc2C)S1. The minimum absolute atomic E-state index is 0.0772. The zero-order chi connectivity index (χ0) is 18.0. The van der Waals surface area contributed by atoms with Gasteiger partial charge in [-0.1, -0.05) is 48.0 Å². The van der Waals surface area contributed by atoms with E-state index >= 15 is 0 Å². The first-order chi connectivity index (χ1) is 12.0. The molecule has 130 valence electrons. The van der Waals surface area contributed by atoms with E-state index in [-0.39, 0.29) is 5.91 Å². The van der Waals surface area contributed by atoms with Crippen molar-refractivity contribution < 1.29 is 4.79 Å². The minimum Gasteiger partial charge on any atom is -0.268 e. The van der Waals surface area contributed by atoms with Crippen molar-refractivity contribution in [3.8, 4) is 0 Å². The molecule has 0 bridgehead atoms. The molecule has 5 heteroatoms. The molecule has 0 saturated heterocycles. The lowest BCUT2D eigenvalue weighted by Crippen LogP contribution is -2.35. The number of amidine groups is 1. The third-order valence-electron chi connectivity index (χ3n) is 4.24. The third kappa shape index (κ3) is 3.91. The average molecular weight is 373 g/mol. The lowest BCUT2D eigenvalue weighted by Gasteiger charge is -2.24. The first-order valence-corrected chi connectivity index (χ1v) is 9.63. The average Bonchev–Trinajstić information content (AvgIpc) is 3.06. The van der Waals surface area contributed by atoms with Crippen LogP contribution in [0.2, 0.25) is 5.02 Å². The quantitative estimate of drug-likeness (QED) is 0.714. The van der Waals surface area contributed by atoms with Crippen LogP contribution in [0, 0.1) is 13.8 Å². The molecule has 0 N–H and O–H groups in total. The molecule has 0 unspecified atom stereocenters. The summed E-state index contributed by atoms with van der Waals surface area (Å²) in [7, 11) is 0. The van der Waals surface area contributed by atoms with Gasteiger partial charge in [0.1, 0.15) is 0 Å². The fraction of sp³-hybridized carbons (Fsp3) is 0.300. The van der Waals surface area contributed by atoms with Crippen LogP contribution in [0.3, 0.4) is 0 Å². The summed E-state index contributed by atoms with van der Waals surface area (Å²) in [4.78, 5) is 19.7. The summed E-state index contributed by atoms with van der Waals surface area (Å²) in [6.07, 6.45) is 1.04. The largest absolute Gasteiger partial charge is 0.268 e. The molecule has 3 nitrogen and oxygen atoms in total. The Kier molecular flexibility index (Phi) is 5.50. The molecule has 0 aliphatic carbocycles. The summed E-state index contributed by atoms with van der Waals surface area (Å²) in [5.74, 6) is -0.0772. The molecule has 0 aromatic heterocycles. The number of carbonyl (C=O) groups excluding carboxylic acids is 1. The van der Waals surface area contributed by atoms with Gasteiger partial charge in [0, 0.05) is 15.8 Å². The first kappa shape index (κ1) is 18.0. The van der Waals surface area contributed by atoms with Crippen LogP contribution in [0.25, 0.3) is 0 Å². The van der Waals surface area contributed by atoms with E-state index in [1.807, 2.05) is 19.1 Å². The number of benzene rings is 2. The molecule has 2 aromatic carbocycles. The maximum atomic E-state index is 13.3. The molecule has 3 rings (SSSR count). The second-order valence-electron chi connectivity index (χ2n) is 6.21. The van der Waals surface area contributed by atoms with Crippen molar-refractivity contribution in [1.82, 2.24) is 0 Å². The van der Waals surface area contributed by atoms with Gasteiger partial charge in [-0.25, -0.2) is 0 Å². The van der Waals surface area contributed by atoms with E-state index < -0.39 is 0 Å². The predicted octanol–water partition coefficient (Wildman–Crippen LogP) is 5.49. The van der Waals surface area contributed by atoms with Crippen LogP contribution in [0.1, 0.15) is 34.8 Å². The van der Waals surface area contributed by atoms with Gasteiger partial charge in [0.25, 0.3) is 5.91 Å².